The summed E-state index contributed by atoms with van der Waals surface area (Å²) in [6, 6.07) is 22.2. The Morgan fingerprint density at radius 2 is 1.59 bits per heavy atom. The standard InChI is InChI=1S/C22H16N2O3/c1-15(25)27-20-19(16-9-4-2-5-10-16)18-13-8-14-23-21(18)24(22(20)26)17-11-6-3-7-12-17/h2-14H,1H3. The number of fused-ring (bicyclic) bond motifs is 1. The first kappa shape index (κ1) is 16.7. The zero-order valence-electron chi connectivity index (χ0n) is 14.6. The largest absolute Gasteiger partial charge is 0.420 e. The Morgan fingerprint density at radius 3 is 2.26 bits per heavy atom. The van der Waals surface area contributed by atoms with Crippen LogP contribution in [-0.4, -0.2) is 15.5 Å². The summed E-state index contributed by atoms with van der Waals surface area (Å²) in [6.45, 7) is 1.29. The molecule has 2 heterocycles. The van der Waals surface area contributed by atoms with Crippen molar-refractivity contribution in [1.82, 2.24) is 9.55 Å². The lowest BCUT2D eigenvalue weighted by Crippen LogP contribution is -2.24. The number of benzene rings is 2. The molecule has 0 saturated carbocycles. The van der Waals surface area contributed by atoms with Gasteiger partial charge in [-0.05, 0) is 29.8 Å². The molecule has 0 unspecified atom stereocenters. The summed E-state index contributed by atoms with van der Waals surface area (Å²) in [6.07, 6.45) is 1.64. The van der Waals surface area contributed by atoms with E-state index < -0.39 is 11.5 Å². The zero-order chi connectivity index (χ0) is 18.8. The summed E-state index contributed by atoms with van der Waals surface area (Å²) in [4.78, 5) is 29.6. The van der Waals surface area contributed by atoms with E-state index in [1.54, 1.807) is 12.3 Å². The van der Waals surface area contributed by atoms with Crippen molar-refractivity contribution in [2.75, 3.05) is 0 Å². The number of pyridine rings is 2. The van der Waals surface area contributed by atoms with Gasteiger partial charge in [0.1, 0.15) is 5.65 Å². The van der Waals surface area contributed by atoms with Gasteiger partial charge in [0, 0.05) is 24.1 Å². The van der Waals surface area contributed by atoms with E-state index in [2.05, 4.69) is 4.98 Å². The van der Waals surface area contributed by atoms with Gasteiger partial charge in [-0.25, -0.2) is 4.98 Å². The molecule has 2 aromatic carbocycles. The quantitative estimate of drug-likeness (QED) is 0.521. The molecule has 0 amide bonds. The molecule has 0 aliphatic heterocycles. The first-order chi connectivity index (χ1) is 13.2. The van der Waals surface area contributed by atoms with Crippen molar-refractivity contribution >= 4 is 17.0 Å². The molecule has 4 rings (SSSR count). The van der Waals surface area contributed by atoms with E-state index >= 15 is 0 Å². The highest BCUT2D eigenvalue weighted by Gasteiger charge is 2.22. The molecule has 0 N–H and O–H groups in total. The van der Waals surface area contributed by atoms with Gasteiger partial charge in [0.05, 0.1) is 5.69 Å². The van der Waals surface area contributed by atoms with Crippen LogP contribution in [0.2, 0.25) is 0 Å². The van der Waals surface area contributed by atoms with Gasteiger partial charge in [0.2, 0.25) is 5.75 Å². The van der Waals surface area contributed by atoms with E-state index in [9.17, 15) is 9.59 Å². The lowest BCUT2D eigenvalue weighted by molar-refractivity contribution is -0.131. The summed E-state index contributed by atoms with van der Waals surface area (Å²) in [5, 5.41) is 0.725. The van der Waals surface area contributed by atoms with Crippen molar-refractivity contribution in [3.63, 3.8) is 0 Å². The molecule has 0 spiro atoms. The molecular weight excluding hydrogens is 340 g/mol. The molecule has 4 aromatic rings. The van der Waals surface area contributed by atoms with E-state index in [-0.39, 0.29) is 5.75 Å². The molecule has 5 heteroatoms. The smallest absolute Gasteiger partial charge is 0.308 e. The number of esters is 1. The van der Waals surface area contributed by atoms with Crippen LogP contribution in [0.15, 0.2) is 83.8 Å². The summed E-state index contributed by atoms with van der Waals surface area (Å²) >= 11 is 0. The number of carbonyl (C=O) groups excluding carboxylic acids is 1. The van der Waals surface area contributed by atoms with Crippen LogP contribution in [-0.2, 0) is 4.79 Å². The van der Waals surface area contributed by atoms with Crippen molar-refractivity contribution < 1.29 is 9.53 Å². The lowest BCUT2D eigenvalue weighted by Gasteiger charge is -2.16. The van der Waals surface area contributed by atoms with Crippen LogP contribution in [0.5, 0.6) is 5.75 Å². The van der Waals surface area contributed by atoms with Crippen LogP contribution in [0.3, 0.4) is 0 Å². The maximum Gasteiger partial charge on any atom is 0.308 e. The van der Waals surface area contributed by atoms with E-state index in [0.29, 0.717) is 16.9 Å². The maximum absolute atomic E-state index is 13.4. The highest BCUT2D eigenvalue weighted by Crippen LogP contribution is 2.34. The number of hydrogen-bond donors (Lipinski definition) is 0. The van der Waals surface area contributed by atoms with Gasteiger partial charge in [-0.1, -0.05) is 48.5 Å². The fourth-order valence-corrected chi connectivity index (χ4v) is 3.14. The number of nitrogens with zero attached hydrogens (tertiary/aromatic N) is 2. The Hall–Kier alpha value is -3.73. The van der Waals surface area contributed by atoms with Gasteiger partial charge in [-0.3, -0.25) is 14.2 Å². The Kier molecular flexibility index (Phi) is 4.26. The first-order valence-corrected chi connectivity index (χ1v) is 8.50. The highest BCUT2D eigenvalue weighted by molar-refractivity contribution is 5.97. The van der Waals surface area contributed by atoms with Crippen LogP contribution in [0.4, 0.5) is 0 Å². The second-order valence-corrected chi connectivity index (χ2v) is 6.01. The molecule has 0 atom stereocenters. The number of aromatic nitrogens is 2. The van der Waals surface area contributed by atoms with Crippen LogP contribution in [0.1, 0.15) is 6.92 Å². The van der Waals surface area contributed by atoms with Gasteiger partial charge < -0.3 is 4.74 Å². The second-order valence-electron chi connectivity index (χ2n) is 6.01. The van der Waals surface area contributed by atoms with Crippen molar-refractivity contribution in [2.45, 2.75) is 6.92 Å². The molecule has 5 nitrogen and oxygen atoms in total. The van der Waals surface area contributed by atoms with E-state index in [1.165, 1.54) is 11.5 Å². The molecule has 0 saturated heterocycles. The summed E-state index contributed by atoms with van der Waals surface area (Å²) in [5.74, 6) is -0.551. The van der Waals surface area contributed by atoms with Crippen molar-refractivity contribution in [2.24, 2.45) is 0 Å². The van der Waals surface area contributed by atoms with Gasteiger partial charge in [-0.15, -0.1) is 0 Å². The van der Waals surface area contributed by atoms with Crippen LogP contribution in [0.25, 0.3) is 27.8 Å². The summed E-state index contributed by atoms with van der Waals surface area (Å²) in [7, 11) is 0. The Bertz CT molecular complexity index is 1180. The number of para-hydroxylation sites is 1. The zero-order valence-corrected chi connectivity index (χ0v) is 14.6. The highest BCUT2D eigenvalue weighted by atomic mass is 16.5. The average Bonchev–Trinajstić information content (AvgIpc) is 2.70. The second kappa shape index (κ2) is 6.88. The molecule has 132 valence electrons. The normalized spacial score (nSPS) is 10.7. The molecule has 0 aliphatic rings. The summed E-state index contributed by atoms with van der Waals surface area (Å²) in [5.41, 5.74) is 2.07. The van der Waals surface area contributed by atoms with Gasteiger partial charge >= 0.3 is 11.5 Å². The molecule has 27 heavy (non-hydrogen) atoms. The predicted octanol–water partition coefficient (Wildman–Crippen LogP) is 3.98. The van der Waals surface area contributed by atoms with Crippen LogP contribution in [0, 0.1) is 0 Å². The van der Waals surface area contributed by atoms with E-state index in [1.807, 2.05) is 66.7 Å². The molecule has 0 fully saturated rings. The Labute approximate surface area is 155 Å². The van der Waals surface area contributed by atoms with Crippen LogP contribution < -0.4 is 10.3 Å². The van der Waals surface area contributed by atoms with Gasteiger partial charge in [-0.2, -0.15) is 0 Å². The fraction of sp³-hybridized carbons (Fsp3) is 0.0455. The molecule has 0 bridgehead atoms. The number of carbonyl (C=O) groups is 1. The van der Waals surface area contributed by atoms with Crippen molar-refractivity contribution in [3.8, 4) is 22.6 Å². The SMILES string of the molecule is CC(=O)Oc1c(-c2ccccc2)c2cccnc2n(-c2ccccc2)c1=O. The molecular formula is C22H16N2O3. The summed E-state index contributed by atoms with van der Waals surface area (Å²) < 4.78 is 6.87. The topological polar surface area (TPSA) is 61.2 Å². The average molecular weight is 356 g/mol. The van der Waals surface area contributed by atoms with Gasteiger partial charge in [0.25, 0.3) is 0 Å². The molecule has 2 aromatic heterocycles. The number of hydrogen-bond acceptors (Lipinski definition) is 4. The van der Waals surface area contributed by atoms with Gasteiger partial charge in [0.15, 0.2) is 0 Å². The third-order valence-corrected chi connectivity index (χ3v) is 4.21. The molecule has 0 aliphatic carbocycles. The lowest BCUT2D eigenvalue weighted by atomic mass is 10.0. The third-order valence-electron chi connectivity index (χ3n) is 4.21. The minimum atomic E-state index is -0.549. The number of rotatable bonds is 3. The van der Waals surface area contributed by atoms with E-state index in [0.717, 1.165) is 10.9 Å². The van der Waals surface area contributed by atoms with Crippen molar-refractivity contribution in [3.05, 3.63) is 89.3 Å². The number of ether oxygens (including phenoxy) is 1. The maximum atomic E-state index is 13.4. The monoisotopic (exact) mass is 356 g/mol. The van der Waals surface area contributed by atoms with Crippen molar-refractivity contribution in [1.29, 1.82) is 0 Å². The predicted molar refractivity (Wildman–Crippen MR) is 104 cm³/mol. The first-order valence-electron chi connectivity index (χ1n) is 8.50. The Morgan fingerprint density at radius 1 is 0.926 bits per heavy atom. The molecule has 0 radical (unpaired) electrons. The van der Waals surface area contributed by atoms with E-state index in [4.69, 9.17) is 4.74 Å². The fourth-order valence-electron chi connectivity index (χ4n) is 3.14. The van der Waals surface area contributed by atoms with Crippen LogP contribution >= 0.6 is 0 Å². The third kappa shape index (κ3) is 3.00. The minimum absolute atomic E-state index is 0.00180. The minimum Gasteiger partial charge on any atom is -0.420 e. The Balaban J connectivity index is 2.18.